The smallest absolute Gasteiger partial charge is 0.231 e. The molecule has 2 aromatic rings. The summed E-state index contributed by atoms with van der Waals surface area (Å²) in [6.45, 7) is 1.43. The first-order valence-corrected chi connectivity index (χ1v) is 7.37. The molecule has 0 radical (unpaired) electrons. The Kier molecular flexibility index (Phi) is 4.17. The quantitative estimate of drug-likeness (QED) is 0.798. The van der Waals surface area contributed by atoms with E-state index < -0.39 is 0 Å². The number of halogens is 1. The molecule has 0 aromatic heterocycles. The van der Waals surface area contributed by atoms with Gasteiger partial charge in [0.25, 0.3) is 0 Å². The van der Waals surface area contributed by atoms with Crippen LogP contribution in [0.15, 0.2) is 48.2 Å². The van der Waals surface area contributed by atoms with E-state index in [0.29, 0.717) is 22.1 Å². The van der Waals surface area contributed by atoms with Crippen LogP contribution >= 0.6 is 11.6 Å². The minimum absolute atomic E-state index is 0.0159. The number of ether oxygens (including phenoxy) is 2. The third-order valence-corrected chi connectivity index (χ3v) is 3.47. The second-order valence-corrected chi connectivity index (χ2v) is 5.58. The summed E-state index contributed by atoms with van der Waals surface area (Å²) in [5.41, 5.74) is 1.25. The molecule has 23 heavy (non-hydrogen) atoms. The molecule has 1 aliphatic rings. The number of hydrogen-bond acceptors (Lipinski definition) is 4. The molecule has 116 valence electrons. The molecule has 1 aliphatic heterocycles. The highest BCUT2D eigenvalue weighted by molar-refractivity contribution is 6.30. The predicted molar refractivity (Wildman–Crippen MR) is 87.0 cm³/mol. The fourth-order valence-electron chi connectivity index (χ4n) is 2.19. The van der Waals surface area contributed by atoms with Crippen molar-refractivity contribution in [3.8, 4) is 11.5 Å². The number of benzene rings is 2. The molecule has 0 amide bonds. The summed E-state index contributed by atoms with van der Waals surface area (Å²) in [6.07, 6.45) is 1.64. The van der Waals surface area contributed by atoms with E-state index in [0.717, 1.165) is 5.56 Å². The first-order chi connectivity index (χ1) is 11.0. The highest BCUT2D eigenvalue weighted by atomic mass is 35.5. The van der Waals surface area contributed by atoms with Gasteiger partial charge in [-0.25, -0.2) is 0 Å². The molecular formula is C18H13ClO4. The normalized spacial score (nSPS) is 14.5. The van der Waals surface area contributed by atoms with Crippen LogP contribution in [0.5, 0.6) is 11.5 Å². The number of fused-ring (bicyclic) bond motifs is 1. The summed E-state index contributed by atoms with van der Waals surface area (Å²) < 4.78 is 10.9. The Balaban J connectivity index is 1.85. The Morgan fingerprint density at radius 1 is 1.26 bits per heavy atom. The summed E-state index contributed by atoms with van der Waals surface area (Å²) in [6, 6.07) is 12.0. The largest absolute Gasteiger partial charge is 0.486 e. The Morgan fingerprint density at radius 3 is 2.83 bits per heavy atom. The molecule has 0 spiro atoms. The minimum Gasteiger partial charge on any atom is -0.486 e. The average molecular weight is 329 g/mol. The van der Waals surface area contributed by atoms with Crippen molar-refractivity contribution in [2.45, 2.75) is 6.92 Å². The van der Waals surface area contributed by atoms with Crippen molar-refractivity contribution in [1.82, 2.24) is 0 Å². The van der Waals surface area contributed by atoms with Gasteiger partial charge in [-0.2, -0.15) is 0 Å². The van der Waals surface area contributed by atoms with Gasteiger partial charge >= 0.3 is 0 Å². The zero-order valence-electron chi connectivity index (χ0n) is 12.3. The van der Waals surface area contributed by atoms with Crippen LogP contribution in [0.25, 0.3) is 6.08 Å². The maximum atomic E-state index is 12.3. The van der Waals surface area contributed by atoms with Crippen molar-refractivity contribution in [3.05, 3.63) is 64.4 Å². The SMILES string of the molecule is CC(=O)COc1ccc2c(c1)OC(=Cc1cccc(Cl)c1)C2=O. The Bertz CT molecular complexity index is 824. The van der Waals surface area contributed by atoms with Crippen molar-refractivity contribution in [2.24, 2.45) is 0 Å². The summed E-state index contributed by atoms with van der Waals surface area (Å²) in [5.74, 6) is 0.855. The topological polar surface area (TPSA) is 52.6 Å². The predicted octanol–water partition coefficient (Wildman–Crippen LogP) is 3.92. The number of carbonyl (C=O) groups excluding carboxylic acids is 2. The highest BCUT2D eigenvalue weighted by Gasteiger charge is 2.27. The number of allylic oxidation sites excluding steroid dienone is 1. The zero-order valence-corrected chi connectivity index (χ0v) is 13.1. The average Bonchev–Trinajstić information content (AvgIpc) is 2.81. The fraction of sp³-hybridized carbons (Fsp3) is 0.111. The lowest BCUT2D eigenvalue weighted by Crippen LogP contribution is -2.06. The lowest BCUT2D eigenvalue weighted by atomic mass is 10.1. The van der Waals surface area contributed by atoms with Gasteiger partial charge in [-0.05, 0) is 42.8 Å². The molecule has 2 aromatic carbocycles. The molecule has 0 unspecified atom stereocenters. The maximum absolute atomic E-state index is 12.3. The molecular weight excluding hydrogens is 316 g/mol. The van der Waals surface area contributed by atoms with E-state index in [9.17, 15) is 9.59 Å². The molecule has 4 nitrogen and oxygen atoms in total. The standard InChI is InChI=1S/C18H13ClO4/c1-11(20)10-22-14-5-6-15-16(9-14)23-17(18(15)21)8-12-3-2-4-13(19)7-12/h2-9H,10H2,1H3. The van der Waals surface area contributed by atoms with Gasteiger partial charge in [-0.1, -0.05) is 23.7 Å². The van der Waals surface area contributed by atoms with E-state index in [2.05, 4.69) is 0 Å². The van der Waals surface area contributed by atoms with Gasteiger partial charge in [0.15, 0.2) is 11.5 Å². The van der Waals surface area contributed by atoms with Gasteiger partial charge in [0.1, 0.15) is 18.1 Å². The van der Waals surface area contributed by atoms with Gasteiger partial charge in [0, 0.05) is 11.1 Å². The van der Waals surface area contributed by atoms with E-state index in [4.69, 9.17) is 21.1 Å². The summed E-state index contributed by atoms with van der Waals surface area (Å²) in [7, 11) is 0. The molecule has 0 saturated heterocycles. The first kappa shape index (κ1) is 15.3. The van der Waals surface area contributed by atoms with Gasteiger partial charge < -0.3 is 9.47 Å². The third-order valence-electron chi connectivity index (χ3n) is 3.23. The maximum Gasteiger partial charge on any atom is 0.231 e. The van der Waals surface area contributed by atoms with Crippen molar-refractivity contribution in [1.29, 1.82) is 0 Å². The van der Waals surface area contributed by atoms with Gasteiger partial charge in [0.2, 0.25) is 5.78 Å². The lowest BCUT2D eigenvalue weighted by Gasteiger charge is -2.04. The first-order valence-electron chi connectivity index (χ1n) is 6.99. The van der Waals surface area contributed by atoms with Crippen molar-refractivity contribution in [2.75, 3.05) is 6.61 Å². The lowest BCUT2D eigenvalue weighted by molar-refractivity contribution is -0.118. The van der Waals surface area contributed by atoms with Crippen molar-refractivity contribution < 1.29 is 19.1 Å². The van der Waals surface area contributed by atoms with Crippen LogP contribution in [0.1, 0.15) is 22.8 Å². The van der Waals surface area contributed by atoms with Crippen LogP contribution in [0.2, 0.25) is 5.02 Å². The van der Waals surface area contributed by atoms with Crippen LogP contribution in [0.4, 0.5) is 0 Å². The molecule has 5 heteroatoms. The molecule has 0 N–H and O–H groups in total. The molecule has 0 saturated carbocycles. The number of ketones is 2. The van der Waals surface area contributed by atoms with Gasteiger partial charge in [0.05, 0.1) is 5.56 Å². The second-order valence-electron chi connectivity index (χ2n) is 5.14. The second kappa shape index (κ2) is 6.26. The van der Waals surface area contributed by atoms with Crippen LogP contribution in [0, 0.1) is 0 Å². The summed E-state index contributed by atoms with van der Waals surface area (Å²) in [4.78, 5) is 23.3. The van der Waals surface area contributed by atoms with Gasteiger partial charge in [-0.3, -0.25) is 9.59 Å². The molecule has 0 atom stereocenters. The number of rotatable bonds is 4. The Labute approximate surface area is 138 Å². The highest BCUT2D eigenvalue weighted by Crippen LogP contribution is 2.35. The molecule has 1 heterocycles. The van der Waals surface area contributed by atoms with E-state index in [1.165, 1.54) is 6.92 Å². The summed E-state index contributed by atoms with van der Waals surface area (Å²) in [5, 5.41) is 0.585. The van der Waals surface area contributed by atoms with Crippen LogP contribution in [-0.4, -0.2) is 18.2 Å². The molecule has 0 bridgehead atoms. The minimum atomic E-state index is -0.196. The molecule has 0 fully saturated rings. The van der Waals surface area contributed by atoms with E-state index >= 15 is 0 Å². The van der Waals surface area contributed by atoms with E-state index in [-0.39, 0.29) is 23.9 Å². The third kappa shape index (κ3) is 3.43. The van der Waals surface area contributed by atoms with Crippen molar-refractivity contribution in [3.63, 3.8) is 0 Å². The van der Waals surface area contributed by atoms with Crippen LogP contribution in [-0.2, 0) is 4.79 Å². The molecule has 0 aliphatic carbocycles. The number of carbonyl (C=O) groups is 2. The Morgan fingerprint density at radius 2 is 2.09 bits per heavy atom. The Hall–Kier alpha value is -2.59. The number of hydrogen-bond donors (Lipinski definition) is 0. The monoisotopic (exact) mass is 328 g/mol. The van der Waals surface area contributed by atoms with E-state index in [1.54, 1.807) is 42.5 Å². The zero-order chi connectivity index (χ0) is 16.4. The van der Waals surface area contributed by atoms with Crippen LogP contribution < -0.4 is 9.47 Å². The molecule has 3 rings (SSSR count). The fourth-order valence-corrected chi connectivity index (χ4v) is 2.39. The van der Waals surface area contributed by atoms with Crippen LogP contribution in [0.3, 0.4) is 0 Å². The van der Waals surface area contributed by atoms with E-state index in [1.807, 2.05) is 6.07 Å². The summed E-state index contributed by atoms with van der Waals surface area (Å²) >= 11 is 5.94. The number of Topliss-reactive ketones (excluding diaryl/α,β-unsaturated/α-hetero) is 2. The van der Waals surface area contributed by atoms with Crippen molar-refractivity contribution >= 4 is 29.2 Å². The van der Waals surface area contributed by atoms with Gasteiger partial charge in [-0.15, -0.1) is 0 Å².